The van der Waals surface area contributed by atoms with Gasteiger partial charge < -0.3 is 10.6 Å². The Bertz CT molecular complexity index is 690. The van der Waals surface area contributed by atoms with Crippen LogP contribution in [0.2, 0.25) is 5.02 Å². The van der Waals surface area contributed by atoms with Crippen LogP contribution >= 0.6 is 11.6 Å². The first-order chi connectivity index (χ1) is 12.1. The zero-order valence-electron chi connectivity index (χ0n) is 14.4. The summed E-state index contributed by atoms with van der Waals surface area (Å²) in [7, 11) is 0. The number of hydrogen-bond acceptors (Lipinski definition) is 2. The fourth-order valence-electron chi connectivity index (χ4n) is 4.74. The number of nitrogens with one attached hydrogen (secondary N) is 2. The highest BCUT2D eigenvalue weighted by molar-refractivity contribution is 6.31. The highest BCUT2D eigenvalue weighted by Gasteiger charge is 2.36. The molecule has 134 valence electrons. The van der Waals surface area contributed by atoms with E-state index in [0.29, 0.717) is 23.4 Å². The van der Waals surface area contributed by atoms with Crippen LogP contribution in [0.15, 0.2) is 18.2 Å². The Kier molecular flexibility index (Phi) is 4.72. The minimum atomic E-state index is 0.0232. The van der Waals surface area contributed by atoms with Gasteiger partial charge in [0.1, 0.15) is 0 Å². The predicted octanol–water partition coefficient (Wildman–Crippen LogP) is 3.53. The van der Waals surface area contributed by atoms with E-state index in [0.717, 1.165) is 36.8 Å². The summed E-state index contributed by atoms with van der Waals surface area (Å²) in [6.07, 6.45) is 8.00. The van der Waals surface area contributed by atoms with E-state index >= 15 is 0 Å². The Morgan fingerprint density at radius 2 is 1.92 bits per heavy atom. The number of rotatable bonds is 3. The molecule has 2 saturated heterocycles. The van der Waals surface area contributed by atoms with E-state index in [4.69, 9.17) is 11.6 Å². The molecule has 0 spiro atoms. The number of hydrogen-bond donors (Lipinski definition) is 2. The SMILES string of the molecule is O=C1CCC(c2ccc(CC3CC4CCCCC4NC3=O)cc2Cl)N1. The molecule has 3 aliphatic rings. The Labute approximate surface area is 153 Å². The lowest BCUT2D eigenvalue weighted by Crippen LogP contribution is -2.51. The second kappa shape index (κ2) is 6.99. The second-order valence-corrected chi connectivity index (χ2v) is 8.22. The van der Waals surface area contributed by atoms with Crippen LogP contribution in [0.3, 0.4) is 0 Å². The van der Waals surface area contributed by atoms with Crippen molar-refractivity contribution in [3.8, 4) is 0 Å². The van der Waals surface area contributed by atoms with Crippen molar-refractivity contribution in [2.75, 3.05) is 0 Å². The summed E-state index contributed by atoms with van der Waals surface area (Å²) in [5.41, 5.74) is 2.09. The van der Waals surface area contributed by atoms with Gasteiger partial charge >= 0.3 is 0 Å². The van der Waals surface area contributed by atoms with Crippen molar-refractivity contribution in [1.29, 1.82) is 0 Å². The first-order valence-corrected chi connectivity index (χ1v) is 9.86. The molecular weight excluding hydrogens is 336 g/mol. The molecule has 1 aliphatic carbocycles. The number of benzene rings is 1. The summed E-state index contributed by atoms with van der Waals surface area (Å²) < 4.78 is 0. The number of carbonyl (C=O) groups is 2. The third-order valence-electron chi connectivity index (χ3n) is 6.11. The van der Waals surface area contributed by atoms with Crippen LogP contribution in [0.4, 0.5) is 0 Å². The van der Waals surface area contributed by atoms with E-state index in [2.05, 4.69) is 16.7 Å². The fourth-order valence-corrected chi connectivity index (χ4v) is 5.08. The van der Waals surface area contributed by atoms with Crippen LogP contribution < -0.4 is 10.6 Å². The first-order valence-electron chi connectivity index (χ1n) is 9.48. The topological polar surface area (TPSA) is 58.2 Å². The van der Waals surface area contributed by atoms with E-state index in [1.54, 1.807) is 0 Å². The molecule has 2 heterocycles. The molecule has 4 atom stereocenters. The lowest BCUT2D eigenvalue weighted by atomic mass is 9.74. The van der Waals surface area contributed by atoms with Crippen LogP contribution in [-0.2, 0) is 16.0 Å². The third kappa shape index (κ3) is 3.55. The lowest BCUT2D eigenvalue weighted by molar-refractivity contribution is -0.130. The minimum Gasteiger partial charge on any atom is -0.353 e. The normalized spacial score (nSPS) is 32.0. The summed E-state index contributed by atoms with van der Waals surface area (Å²) in [6.45, 7) is 0. The van der Waals surface area contributed by atoms with Crippen LogP contribution in [0.1, 0.15) is 62.1 Å². The van der Waals surface area contributed by atoms with Gasteiger partial charge in [0.15, 0.2) is 0 Å². The molecule has 0 bridgehead atoms. The van der Waals surface area contributed by atoms with Crippen molar-refractivity contribution in [2.24, 2.45) is 11.8 Å². The molecule has 2 N–H and O–H groups in total. The average Bonchev–Trinajstić information content (AvgIpc) is 3.02. The first kappa shape index (κ1) is 16.9. The zero-order chi connectivity index (χ0) is 17.4. The Morgan fingerprint density at radius 3 is 2.68 bits per heavy atom. The van der Waals surface area contributed by atoms with Gasteiger partial charge in [0.05, 0.1) is 6.04 Å². The van der Waals surface area contributed by atoms with E-state index in [1.807, 2.05) is 12.1 Å². The van der Waals surface area contributed by atoms with Gasteiger partial charge in [-0.05, 0) is 55.2 Å². The maximum Gasteiger partial charge on any atom is 0.223 e. The second-order valence-electron chi connectivity index (χ2n) is 7.81. The van der Waals surface area contributed by atoms with Crippen LogP contribution in [0.25, 0.3) is 0 Å². The van der Waals surface area contributed by atoms with Crippen molar-refractivity contribution in [3.63, 3.8) is 0 Å². The summed E-state index contributed by atoms with van der Waals surface area (Å²) >= 11 is 6.47. The van der Waals surface area contributed by atoms with Crippen molar-refractivity contribution < 1.29 is 9.59 Å². The van der Waals surface area contributed by atoms with E-state index in [-0.39, 0.29) is 23.8 Å². The fraction of sp³-hybridized carbons (Fsp3) is 0.600. The molecule has 5 heteroatoms. The Balaban J connectivity index is 1.44. The third-order valence-corrected chi connectivity index (χ3v) is 6.44. The molecular formula is C20H25ClN2O2. The Hall–Kier alpha value is -1.55. The van der Waals surface area contributed by atoms with Gasteiger partial charge in [-0.3, -0.25) is 9.59 Å². The molecule has 1 saturated carbocycles. The summed E-state index contributed by atoms with van der Waals surface area (Å²) in [5, 5.41) is 6.90. The van der Waals surface area contributed by atoms with Crippen molar-refractivity contribution in [1.82, 2.24) is 10.6 Å². The molecule has 4 unspecified atom stereocenters. The smallest absolute Gasteiger partial charge is 0.223 e. The van der Waals surface area contributed by atoms with Gasteiger partial charge in [0.25, 0.3) is 0 Å². The summed E-state index contributed by atoms with van der Waals surface area (Å²) in [4.78, 5) is 23.9. The molecule has 4 rings (SSSR count). The molecule has 2 amide bonds. The van der Waals surface area contributed by atoms with Crippen molar-refractivity contribution in [2.45, 2.75) is 63.5 Å². The number of amides is 2. The van der Waals surface area contributed by atoms with Gasteiger partial charge in [0, 0.05) is 23.4 Å². The Morgan fingerprint density at radius 1 is 1.08 bits per heavy atom. The molecule has 4 nitrogen and oxygen atoms in total. The van der Waals surface area contributed by atoms with Crippen LogP contribution in [0.5, 0.6) is 0 Å². The summed E-state index contributed by atoms with van der Waals surface area (Å²) in [5.74, 6) is 0.977. The monoisotopic (exact) mass is 360 g/mol. The quantitative estimate of drug-likeness (QED) is 0.866. The maximum absolute atomic E-state index is 12.5. The standard InChI is InChI=1S/C20H25ClN2O2/c21-16-10-12(5-6-15(16)18-7-8-19(24)22-18)9-14-11-13-3-1-2-4-17(13)23-20(14)25/h5-6,10,13-14,17-18H,1-4,7-9,11H2,(H,22,24)(H,23,25). The van der Waals surface area contributed by atoms with Gasteiger partial charge in [0.2, 0.25) is 11.8 Å². The van der Waals surface area contributed by atoms with E-state index in [9.17, 15) is 9.59 Å². The van der Waals surface area contributed by atoms with Gasteiger partial charge in [-0.15, -0.1) is 0 Å². The number of halogens is 1. The molecule has 0 radical (unpaired) electrons. The van der Waals surface area contributed by atoms with E-state index < -0.39 is 0 Å². The number of carbonyl (C=O) groups excluding carboxylic acids is 2. The molecule has 0 aromatic heterocycles. The minimum absolute atomic E-state index is 0.0232. The molecule has 2 aliphatic heterocycles. The highest BCUT2D eigenvalue weighted by atomic mass is 35.5. The highest BCUT2D eigenvalue weighted by Crippen LogP contribution is 2.35. The average molecular weight is 361 g/mol. The van der Waals surface area contributed by atoms with Crippen LogP contribution in [0, 0.1) is 11.8 Å². The molecule has 1 aromatic carbocycles. The largest absolute Gasteiger partial charge is 0.353 e. The van der Waals surface area contributed by atoms with E-state index in [1.165, 1.54) is 19.3 Å². The van der Waals surface area contributed by atoms with Gasteiger partial charge in [-0.1, -0.05) is 36.6 Å². The predicted molar refractivity (Wildman–Crippen MR) is 97.3 cm³/mol. The maximum atomic E-state index is 12.5. The molecule has 3 fully saturated rings. The zero-order valence-corrected chi connectivity index (χ0v) is 15.1. The van der Waals surface area contributed by atoms with Gasteiger partial charge in [-0.2, -0.15) is 0 Å². The van der Waals surface area contributed by atoms with Crippen molar-refractivity contribution >= 4 is 23.4 Å². The van der Waals surface area contributed by atoms with Crippen molar-refractivity contribution in [3.05, 3.63) is 34.3 Å². The molecule has 1 aromatic rings. The molecule has 25 heavy (non-hydrogen) atoms. The van der Waals surface area contributed by atoms with Crippen LogP contribution in [-0.4, -0.2) is 17.9 Å². The lowest BCUT2D eigenvalue weighted by Gasteiger charge is -2.39. The number of piperidine rings is 1. The summed E-state index contributed by atoms with van der Waals surface area (Å²) in [6, 6.07) is 6.47. The van der Waals surface area contributed by atoms with Gasteiger partial charge in [-0.25, -0.2) is 0 Å². The number of fused-ring (bicyclic) bond motifs is 1.